The molecule has 0 bridgehead atoms. The Morgan fingerprint density at radius 3 is 2.56 bits per heavy atom. The van der Waals surface area contributed by atoms with Crippen LogP contribution in [-0.2, 0) is 6.42 Å². The average molecular weight is 382 g/mol. The summed E-state index contributed by atoms with van der Waals surface area (Å²) in [4.78, 5) is 16.7. The summed E-state index contributed by atoms with van der Waals surface area (Å²) >= 11 is 1.62. The number of urea groups is 1. The summed E-state index contributed by atoms with van der Waals surface area (Å²) in [5.41, 5.74) is 4.07. The molecule has 0 radical (unpaired) electrons. The van der Waals surface area contributed by atoms with Crippen LogP contribution in [0.1, 0.15) is 18.2 Å². The number of aryl methyl sites for hydroxylation is 1. The number of ether oxygens (including phenoxy) is 1. The van der Waals surface area contributed by atoms with E-state index in [4.69, 9.17) is 4.74 Å². The first-order chi connectivity index (χ1) is 13.1. The number of anilines is 1. The molecule has 0 unspecified atom stereocenters. The third-order valence-corrected chi connectivity index (χ3v) is 4.88. The number of nitrogens with one attached hydrogen (secondary N) is 2. The molecule has 27 heavy (non-hydrogen) atoms. The van der Waals surface area contributed by atoms with Crippen molar-refractivity contribution in [2.24, 2.45) is 0 Å². The average Bonchev–Trinajstić information content (AvgIpc) is 3.13. The van der Waals surface area contributed by atoms with E-state index in [1.54, 1.807) is 11.3 Å². The number of nitrogens with zero attached hydrogens (tertiary/aromatic N) is 1. The van der Waals surface area contributed by atoms with Gasteiger partial charge in [0.25, 0.3) is 0 Å². The van der Waals surface area contributed by atoms with E-state index in [1.165, 1.54) is 5.56 Å². The molecule has 2 amide bonds. The van der Waals surface area contributed by atoms with E-state index in [1.807, 2.05) is 36.6 Å². The molecule has 3 rings (SSSR count). The normalized spacial score (nSPS) is 10.4. The zero-order valence-corrected chi connectivity index (χ0v) is 16.3. The molecule has 6 heteroatoms. The standard InChI is InChI=1S/C21H23N3O2S/c1-3-26-19-10-8-17(9-11-19)24-21(25)22-13-12-18-14-27-20(23-18)16-6-4-15(2)5-7-16/h4-11,14H,3,12-13H2,1-2H3,(H2,22,24,25). The summed E-state index contributed by atoms with van der Waals surface area (Å²) in [5, 5.41) is 8.72. The molecule has 1 aromatic heterocycles. The molecule has 0 saturated heterocycles. The second-order valence-electron chi connectivity index (χ2n) is 6.10. The number of benzene rings is 2. The first kappa shape index (κ1) is 18.9. The van der Waals surface area contributed by atoms with Crippen molar-refractivity contribution in [1.29, 1.82) is 0 Å². The van der Waals surface area contributed by atoms with Gasteiger partial charge in [-0.3, -0.25) is 0 Å². The summed E-state index contributed by atoms with van der Waals surface area (Å²) in [7, 11) is 0. The second kappa shape index (κ2) is 9.19. The number of hydrogen-bond donors (Lipinski definition) is 2. The molecule has 0 fully saturated rings. The highest BCUT2D eigenvalue weighted by molar-refractivity contribution is 7.13. The SMILES string of the molecule is CCOc1ccc(NC(=O)NCCc2csc(-c3ccc(C)cc3)n2)cc1. The summed E-state index contributed by atoms with van der Waals surface area (Å²) in [6, 6.07) is 15.4. The second-order valence-corrected chi connectivity index (χ2v) is 6.96. The highest BCUT2D eigenvalue weighted by atomic mass is 32.1. The van der Waals surface area contributed by atoms with Crippen LogP contribution >= 0.6 is 11.3 Å². The fourth-order valence-corrected chi connectivity index (χ4v) is 3.39. The predicted octanol–water partition coefficient (Wildman–Crippen LogP) is 4.88. The molecule has 0 aliphatic carbocycles. The van der Waals surface area contributed by atoms with Crippen LogP contribution in [0.15, 0.2) is 53.9 Å². The maximum absolute atomic E-state index is 12.0. The van der Waals surface area contributed by atoms with E-state index >= 15 is 0 Å². The van der Waals surface area contributed by atoms with Crippen LogP contribution in [0.4, 0.5) is 10.5 Å². The van der Waals surface area contributed by atoms with Crippen molar-refractivity contribution in [1.82, 2.24) is 10.3 Å². The molecule has 0 saturated carbocycles. The third kappa shape index (κ3) is 5.56. The Hall–Kier alpha value is -2.86. The van der Waals surface area contributed by atoms with Gasteiger partial charge in [-0.1, -0.05) is 29.8 Å². The largest absolute Gasteiger partial charge is 0.494 e. The van der Waals surface area contributed by atoms with E-state index in [9.17, 15) is 4.79 Å². The molecular formula is C21H23N3O2S. The van der Waals surface area contributed by atoms with Crippen molar-refractivity contribution in [2.75, 3.05) is 18.5 Å². The van der Waals surface area contributed by atoms with Crippen molar-refractivity contribution in [2.45, 2.75) is 20.3 Å². The van der Waals surface area contributed by atoms with Crippen molar-refractivity contribution in [3.8, 4) is 16.3 Å². The number of rotatable bonds is 7. The first-order valence-electron chi connectivity index (χ1n) is 8.93. The molecule has 0 atom stereocenters. The van der Waals surface area contributed by atoms with Gasteiger partial charge in [-0.2, -0.15) is 0 Å². The summed E-state index contributed by atoms with van der Waals surface area (Å²) in [6.07, 6.45) is 0.694. The van der Waals surface area contributed by atoms with Gasteiger partial charge in [-0.05, 0) is 38.1 Å². The Balaban J connectivity index is 1.45. The smallest absolute Gasteiger partial charge is 0.319 e. The van der Waals surface area contributed by atoms with Gasteiger partial charge in [0, 0.05) is 29.6 Å². The quantitative estimate of drug-likeness (QED) is 0.613. The van der Waals surface area contributed by atoms with Gasteiger partial charge < -0.3 is 15.4 Å². The van der Waals surface area contributed by atoms with Crippen molar-refractivity contribution >= 4 is 23.1 Å². The van der Waals surface area contributed by atoms with E-state index in [2.05, 4.69) is 46.8 Å². The minimum absolute atomic E-state index is 0.229. The molecule has 1 heterocycles. The number of carbonyl (C=O) groups excluding carboxylic acids is 1. The van der Waals surface area contributed by atoms with Crippen LogP contribution in [0.3, 0.4) is 0 Å². The fraction of sp³-hybridized carbons (Fsp3) is 0.238. The molecule has 140 valence electrons. The predicted molar refractivity (Wildman–Crippen MR) is 111 cm³/mol. The lowest BCUT2D eigenvalue weighted by molar-refractivity contribution is 0.252. The van der Waals surface area contributed by atoms with Gasteiger partial charge in [-0.25, -0.2) is 9.78 Å². The lowest BCUT2D eigenvalue weighted by Crippen LogP contribution is -2.30. The van der Waals surface area contributed by atoms with E-state index in [-0.39, 0.29) is 6.03 Å². The molecule has 0 spiro atoms. The molecule has 5 nitrogen and oxygen atoms in total. The maximum Gasteiger partial charge on any atom is 0.319 e. The Bertz CT molecular complexity index is 873. The Labute approximate surface area is 163 Å². The zero-order valence-electron chi connectivity index (χ0n) is 15.5. The van der Waals surface area contributed by atoms with Gasteiger partial charge in [0.05, 0.1) is 12.3 Å². The number of aromatic nitrogens is 1. The summed E-state index contributed by atoms with van der Waals surface area (Å²) in [5.74, 6) is 0.788. The Morgan fingerprint density at radius 2 is 1.85 bits per heavy atom. The van der Waals surface area contributed by atoms with Crippen LogP contribution in [0, 0.1) is 6.92 Å². The van der Waals surface area contributed by atoms with E-state index in [0.29, 0.717) is 19.6 Å². The highest BCUT2D eigenvalue weighted by Crippen LogP contribution is 2.24. The number of carbonyl (C=O) groups is 1. The number of hydrogen-bond acceptors (Lipinski definition) is 4. The molecule has 2 aromatic carbocycles. The Morgan fingerprint density at radius 1 is 1.11 bits per heavy atom. The lowest BCUT2D eigenvalue weighted by atomic mass is 10.2. The lowest BCUT2D eigenvalue weighted by Gasteiger charge is -2.08. The third-order valence-electron chi connectivity index (χ3n) is 3.94. The Kier molecular flexibility index (Phi) is 6.44. The molecule has 0 aliphatic rings. The van der Waals surface area contributed by atoms with Gasteiger partial charge in [0.2, 0.25) is 0 Å². The van der Waals surface area contributed by atoms with Crippen LogP contribution in [-0.4, -0.2) is 24.2 Å². The number of thiazole rings is 1. The summed E-state index contributed by atoms with van der Waals surface area (Å²) < 4.78 is 5.39. The van der Waals surface area contributed by atoms with E-state index < -0.39 is 0 Å². The van der Waals surface area contributed by atoms with Crippen LogP contribution < -0.4 is 15.4 Å². The zero-order chi connectivity index (χ0) is 19.1. The minimum Gasteiger partial charge on any atom is -0.494 e. The van der Waals surface area contributed by atoms with Crippen LogP contribution in [0.5, 0.6) is 5.75 Å². The van der Waals surface area contributed by atoms with Gasteiger partial charge in [0.15, 0.2) is 0 Å². The van der Waals surface area contributed by atoms with Crippen molar-refractivity contribution in [3.05, 3.63) is 65.2 Å². The minimum atomic E-state index is -0.229. The molecule has 2 N–H and O–H groups in total. The monoisotopic (exact) mass is 381 g/mol. The van der Waals surface area contributed by atoms with Crippen LogP contribution in [0.25, 0.3) is 10.6 Å². The molecule has 3 aromatic rings. The highest BCUT2D eigenvalue weighted by Gasteiger charge is 2.06. The van der Waals surface area contributed by atoms with Gasteiger partial charge in [0.1, 0.15) is 10.8 Å². The summed E-state index contributed by atoms with van der Waals surface area (Å²) in [6.45, 7) is 5.15. The van der Waals surface area contributed by atoms with Crippen molar-refractivity contribution in [3.63, 3.8) is 0 Å². The van der Waals surface area contributed by atoms with Crippen molar-refractivity contribution < 1.29 is 9.53 Å². The fourth-order valence-electron chi connectivity index (χ4n) is 2.53. The van der Waals surface area contributed by atoms with Gasteiger partial charge in [-0.15, -0.1) is 11.3 Å². The maximum atomic E-state index is 12.0. The topological polar surface area (TPSA) is 63.2 Å². The van der Waals surface area contributed by atoms with Crippen LogP contribution in [0.2, 0.25) is 0 Å². The van der Waals surface area contributed by atoms with Gasteiger partial charge >= 0.3 is 6.03 Å². The molecular weight excluding hydrogens is 358 g/mol. The van der Waals surface area contributed by atoms with E-state index in [0.717, 1.165) is 27.7 Å². The molecule has 0 aliphatic heterocycles. The number of amides is 2. The first-order valence-corrected chi connectivity index (χ1v) is 9.81.